The molecule has 164 valence electrons. The van der Waals surface area contributed by atoms with Gasteiger partial charge in [-0.15, -0.1) is 0 Å². The number of carbonyl (C=O) groups is 1. The molecule has 7 heteroatoms. The lowest BCUT2D eigenvalue weighted by atomic mass is 10.1. The summed E-state index contributed by atoms with van der Waals surface area (Å²) in [5.41, 5.74) is 4.16. The Morgan fingerprint density at radius 1 is 0.844 bits per heavy atom. The van der Waals surface area contributed by atoms with Crippen molar-refractivity contribution >= 4 is 45.9 Å². The van der Waals surface area contributed by atoms with E-state index in [-0.39, 0.29) is 0 Å². The van der Waals surface area contributed by atoms with Crippen molar-refractivity contribution in [1.82, 2.24) is 0 Å². The predicted molar refractivity (Wildman–Crippen MR) is 128 cm³/mol. The van der Waals surface area contributed by atoms with Crippen LogP contribution in [-0.4, -0.2) is 33.0 Å². The zero-order valence-corrected chi connectivity index (χ0v) is 18.5. The van der Waals surface area contributed by atoms with Gasteiger partial charge in [0.25, 0.3) is 0 Å². The number of nitrogens with one attached hydrogen (secondary N) is 1. The lowest BCUT2D eigenvalue weighted by Crippen LogP contribution is -2.06. The first kappa shape index (κ1) is 22.8. The van der Waals surface area contributed by atoms with E-state index in [1.54, 1.807) is 43.5 Å². The van der Waals surface area contributed by atoms with Gasteiger partial charge in [-0.1, -0.05) is 60.7 Å². The smallest absolute Gasteiger partial charge is 0.409 e. The van der Waals surface area contributed by atoms with Crippen LogP contribution < -0.4 is 10.1 Å². The van der Waals surface area contributed by atoms with Gasteiger partial charge >= 0.3 is 6.09 Å². The molecule has 0 fully saturated rings. The van der Waals surface area contributed by atoms with E-state index in [0.29, 0.717) is 16.3 Å². The van der Waals surface area contributed by atoms with Gasteiger partial charge < -0.3 is 9.84 Å². The Bertz CT molecular complexity index is 1260. The molecule has 0 unspecified atom stereocenters. The van der Waals surface area contributed by atoms with Gasteiger partial charge in [0.05, 0.1) is 12.0 Å². The molecular formula is C25H23NO5S. The van der Waals surface area contributed by atoms with E-state index in [1.807, 2.05) is 54.6 Å². The summed E-state index contributed by atoms with van der Waals surface area (Å²) in [6, 6.07) is 19.6. The summed E-state index contributed by atoms with van der Waals surface area (Å²) in [7, 11) is -1.60. The summed E-state index contributed by atoms with van der Waals surface area (Å²) in [6.45, 7) is 0. The summed E-state index contributed by atoms with van der Waals surface area (Å²) < 4.78 is 28.6. The Hall–Kier alpha value is -3.84. The minimum absolute atomic E-state index is 0.292. The molecule has 0 saturated carbocycles. The van der Waals surface area contributed by atoms with Crippen LogP contribution in [0, 0.1) is 0 Å². The largest absolute Gasteiger partial charge is 0.496 e. The molecule has 0 atom stereocenters. The van der Waals surface area contributed by atoms with Crippen molar-refractivity contribution in [3.8, 4) is 5.75 Å². The molecule has 0 radical (unpaired) electrons. The van der Waals surface area contributed by atoms with Crippen molar-refractivity contribution in [1.29, 1.82) is 0 Å². The average Bonchev–Trinajstić information content (AvgIpc) is 2.76. The third kappa shape index (κ3) is 6.33. The van der Waals surface area contributed by atoms with E-state index in [1.165, 1.54) is 6.26 Å². The highest BCUT2D eigenvalue weighted by Gasteiger charge is 2.05. The van der Waals surface area contributed by atoms with Crippen LogP contribution in [0.25, 0.3) is 24.3 Å². The van der Waals surface area contributed by atoms with Gasteiger partial charge in [-0.2, -0.15) is 0 Å². The molecular weight excluding hydrogens is 426 g/mol. The Kier molecular flexibility index (Phi) is 7.12. The first-order chi connectivity index (χ1) is 15.2. The first-order valence-corrected chi connectivity index (χ1v) is 11.6. The van der Waals surface area contributed by atoms with Gasteiger partial charge in [0.15, 0.2) is 9.84 Å². The summed E-state index contributed by atoms with van der Waals surface area (Å²) >= 11 is 0. The quantitative estimate of drug-likeness (QED) is 0.463. The molecule has 6 nitrogen and oxygen atoms in total. The minimum Gasteiger partial charge on any atom is -0.496 e. The van der Waals surface area contributed by atoms with Crippen LogP contribution in [0.1, 0.15) is 22.3 Å². The molecule has 0 bridgehead atoms. The number of anilines is 1. The van der Waals surface area contributed by atoms with Crippen LogP contribution >= 0.6 is 0 Å². The highest BCUT2D eigenvalue weighted by Crippen LogP contribution is 2.24. The number of amides is 1. The summed E-state index contributed by atoms with van der Waals surface area (Å²) in [5.74, 6) is 0.708. The topological polar surface area (TPSA) is 92.7 Å². The first-order valence-electron chi connectivity index (χ1n) is 9.69. The highest BCUT2D eigenvalue weighted by atomic mass is 32.2. The second-order valence-corrected chi connectivity index (χ2v) is 9.08. The van der Waals surface area contributed by atoms with Crippen LogP contribution in [0.15, 0.2) is 71.6 Å². The number of rotatable bonds is 7. The van der Waals surface area contributed by atoms with E-state index in [0.717, 1.165) is 22.3 Å². The number of hydrogen-bond acceptors (Lipinski definition) is 4. The number of ether oxygens (including phenoxy) is 1. The lowest BCUT2D eigenvalue weighted by molar-refractivity contribution is 0.209. The fourth-order valence-electron chi connectivity index (χ4n) is 2.97. The molecule has 3 rings (SSSR count). The molecule has 0 heterocycles. The van der Waals surface area contributed by atoms with Crippen LogP contribution in [0.2, 0.25) is 0 Å². The maximum atomic E-state index is 11.6. The van der Waals surface area contributed by atoms with E-state index in [9.17, 15) is 13.2 Å². The zero-order chi connectivity index (χ0) is 23.1. The number of hydrogen-bond donors (Lipinski definition) is 2. The zero-order valence-electron chi connectivity index (χ0n) is 17.6. The van der Waals surface area contributed by atoms with Crippen LogP contribution in [-0.2, 0) is 9.84 Å². The average molecular weight is 450 g/mol. The summed E-state index contributed by atoms with van der Waals surface area (Å²) in [4.78, 5) is 11.0. The van der Waals surface area contributed by atoms with E-state index >= 15 is 0 Å². The number of methoxy groups -OCH3 is 1. The number of sulfone groups is 1. The number of benzene rings is 3. The molecule has 3 aromatic carbocycles. The third-order valence-corrected chi connectivity index (χ3v) is 5.78. The standard InChI is InChI=1S/C25H23NO5S/c1-31-24-17-20(4-3-18-9-15-23(16-10-18)32(2,29)30)6-12-21(24)11-5-19-7-13-22(14-8-19)26-25(27)28/h3-17,26H,1-2H3,(H,27,28). The van der Waals surface area contributed by atoms with Crippen molar-refractivity contribution in [2.75, 3.05) is 18.7 Å². The van der Waals surface area contributed by atoms with E-state index in [2.05, 4.69) is 5.32 Å². The Morgan fingerprint density at radius 2 is 1.38 bits per heavy atom. The molecule has 1 amide bonds. The molecule has 32 heavy (non-hydrogen) atoms. The molecule has 0 aliphatic carbocycles. The van der Waals surface area contributed by atoms with Crippen LogP contribution in [0.5, 0.6) is 5.75 Å². The van der Waals surface area contributed by atoms with Gasteiger partial charge in [-0.05, 0) is 47.0 Å². The lowest BCUT2D eigenvalue weighted by Gasteiger charge is -2.06. The second-order valence-electron chi connectivity index (χ2n) is 7.06. The molecule has 2 N–H and O–H groups in total. The van der Waals surface area contributed by atoms with Crippen LogP contribution in [0.3, 0.4) is 0 Å². The maximum absolute atomic E-state index is 11.6. The summed E-state index contributed by atoms with van der Waals surface area (Å²) in [6.07, 6.45) is 7.77. The molecule has 0 aliphatic rings. The Balaban J connectivity index is 1.73. The Morgan fingerprint density at radius 3 is 1.94 bits per heavy atom. The van der Waals surface area contributed by atoms with E-state index < -0.39 is 15.9 Å². The fourth-order valence-corrected chi connectivity index (χ4v) is 3.61. The van der Waals surface area contributed by atoms with Gasteiger partial charge in [0.1, 0.15) is 5.75 Å². The van der Waals surface area contributed by atoms with E-state index in [4.69, 9.17) is 9.84 Å². The van der Waals surface area contributed by atoms with Gasteiger partial charge in [-0.25, -0.2) is 13.2 Å². The SMILES string of the molecule is COc1cc(C=Cc2ccc(S(C)(=O)=O)cc2)ccc1C=Cc1ccc(NC(=O)O)cc1. The molecule has 0 aliphatic heterocycles. The molecule has 0 saturated heterocycles. The molecule has 3 aromatic rings. The second kappa shape index (κ2) is 9.98. The van der Waals surface area contributed by atoms with Gasteiger partial charge in [0, 0.05) is 17.5 Å². The predicted octanol–water partition coefficient (Wildman–Crippen LogP) is 5.53. The fraction of sp³-hybridized carbons (Fsp3) is 0.0800. The monoisotopic (exact) mass is 449 g/mol. The summed E-state index contributed by atoms with van der Waals surface area (Å²) in [5, 5.41) is 11.0. The maximum Gasteiger partial charge on any atom is 0.409 e. The minimum atomic E-state index is -3.21. The molecule has 0 spiro atoms. The highest BCUT2D eigenvalue weighted by molar-refractivity contribution is 7.90. The van der Waals surface area contributed by atoms with Gasteiger partial charge in [-0.3, -0.25) is 5.32 Å². The van der Waals surface area contributed by atoms with Gasteiger partial charge in [0.2, 0.25) is 0 Å². The van der Waals surface area contributed by atoms with Crippen molar-refractivity contribution in [2.24, 2.45) is 0 Å². The third-order valence-electron chi connectivity index (χ3n) is 4.65. The van der Waals surface area contributed by atoms with Crippen molar-refractivity contribution in [3.63, 3.8) is 0 Å². The van der Waals surface area contributed by atoms with Crippen molar-refractivity contribution in [2.45, 2.75) is 4.90 Å². The van der Waals surface area contributed by atoms with Crippen LogP contribution in [0.4, 0.5) is 10.5 Å². The normalized spacial score (nSPS) is 11.7. The number of carboxylic acid groups (broad SMARTS) is 1. The Labute approximate surface area is 187 Å². The molecule has 0 aromatic heterocycles. The van der Waals surface area contributed by atoms with Crippen molar-refractivity contribution in [3.05, 3.63) is 89.0 Å². The van der Waals surface area contributed by atoms with Crippen molar-refractivity contribution < 1.29 is 23.1 Å².